The highest BCUT2D eigenvalue weighted by Gasteiger charge is 2.20. The van der Waals surface area contributed by atoms with E-state index in [0.29, 0.717) is 42.6 Å². The van der Waals surface area contributed by atoms with Crippen LogP contribution in [0.2, 0.25) is 0 Å². The lowest BCUT2D eigenvalue weighted by molar-refractivity contribution is 0.0473. The molecule has 0 amide bonds. The number of ether oxygens (including phenoxy) is 4. The van der Waals surface area contributed by atoms with Crippen molar-refractivity contribution in [2.24, 2.45) is 0 Å². The molecule has 2 aromatic rings. The molecule has 0 aliphatic heterocycles. The largest absolute Gasteiger partial charge is 0.490 e. The van der Waals surface area contributed by atoms with E-state index in [1.807, 2.05) is 46.8 Å². The van der Waals surface area contributed by atoms with Crippen LogP contribution in [0.3, 0.4) is 0 Å². The molecule has 6 heteroatoms. The molecule has 0 radical (unpaired) electrons. The van der Waals surface area contributed by atoms with Crippen molar-refractivity contribution in [1.82, 2.24) is 0 Å². The first-order valence-corrected chi connectivity index (χ1v) is 9.75. The minimum absolute atomic E-state index is 0.231. The SMILES string of the molecule is CCOc1cc(C(=O)OCC(=O)c2cc(C)ccc2C)cc(OCC)c1OCC. The standard InChI is InChI=1S/C23H28O6/c1-6-26-20-12-17(13-21(27-7-2)22(20)28-8-3)23(25)29-14-19(24)18-11-15(4)9-10-16(18)5/h9-13H,6-8,14H2,1-5H3. The summed E-state index contributed by atoms with van der Waals surface area (Å²) in [4.78, 5) is 25.1. The molecule has 0 aliphatic rings. The molecule has 0 spiro atoms. The molecular formula is C23H28O6. The van der Waals surface area contributed by atoms with E-state index in [-0.39, 0.29) is 18.0 Å². The third-order valence-corrected chi connectivity index (χ3v) is 4.17. The monoisotopic (exact) mass is 400 g/mol. The molecule has 6 nitrogen and oxygen atoms in total. The lowest BCUT2D eigenvalue weighted by atomic mass is 10.0. The first-order valence-electron chi connectivity index (χ1n) is 9.75. The van der Waals surface area contributed by atoms with Crippen molar-refractivity contribution >= 4 is 11.8 Å². The average molecular weight is 400 g/mol. The Kier molecular flexibility index (Phi) is 8.07. The summed E-state index contributed by atoms with van der Waals surface area (Å²) < 4.78 is 22.1. The Labute approximate surface area is 171 Å². The smallest absolute Gasteiger partial charge is 0.338 e. The van der Waals surface area contributed by atoms with Gasteiger partial charge in [0.05, 0.1) is 25.4 Å². The zero-order valence-corrected chi connectivity index (χ0v) is 17.7. The first-order chi connectivity index (χ1) is 13.9. The molecule has 156 valence electrons. The van der Waals surface area contributed by atoms with Gasteiger partial charge in [0.1, 0.15) is 0 Å². The van der Waals surface area contributed by atoms with E-state index in [4.69, 9.17) is 18.9 Å². The van der Waals surface area contributed by atoms with Gasteiger partial charge in [-0.1, -0.05) is 17.7 Å². The van der Waals surface area contributed by atoms with Gasteiger partial charge in [0, 0.05) is 5.56 Å². The van der Waals surface area contributed by atoms with Crippen LogP contribution in [0.4, 0.5) is 0 Å². The maximum absolute atomic E-state index is 12.6. The van der Waals surface area contributed by atoms with Crippen molar-refractivity contribution in [3.8, 4) is 17.2 Å². The normalized spacial score (nSPS) is 10.4. The van der Waals surface area contributed by atoms with Crippen molar-refractivity contribution in [2.45, 2.75) is 34.6 Å². The van der Waals surface area contributed by atoms with Gasteiger partial charge >= 0.3 is 5.97 Å². The minimum Gasteiger partial charge on any atom is -0.490 e. The maximum Gasteiger partial charge on any atom is 0.338 e. The molecular weight excluding hydrogens is 372 g/mol. The third-order valence-electron chi connectivity index (χ3n) is 4.17. The van der Waals surface area contributed by atoms with Crippen LogP contribution in [0, 0.1) is 13.8 Å². The van der Waals surface area contributed by atoms with Crippen LogP contribution in [-0.4, -0.2) is 38.2 Å². The fourth-order valence-electron chi connectivity index (χ4n) is 2.83. The molecule has 0 heterocycles. The fourth-order valence-corrected chi connectivity index (χ4v) is 2.83. The topological polar surface area (TPSA) is 71.1 Å². The van der Waals surface area contributed by atoms with Gasteiger partial charge in [0.25, 0.3) is 0 Å². The number of ketones is 1. The van der Waals surface area contributed by atoms with Crippen LogP contribution in [0.1, 0.15) is 52.6 Å². The lowest BCUT2D eigenvalue weighted by Crippen LogP contribution is -2.16. The Morgan fingerprint density at radius 2 is 1.41 bits per heavy atom. The summed E-state index contributed by atoms with van der Waals surface area (Å²) >= 11 is 0. The highest BCUT2D eigenvalue weighted by atomic mass is 16.5. The number of Topliss-reactive ketones (excluding diaryl/α,β-unsaturated/α-hetero) is 1. The van der Waals surface area contributed by atoms with Gasteiger partial charge in [0.15, 0.2) is 18.1 Å². The predicted octanol–water partition coefficient (Wildman–Crippen LogP) is 4.54. The minimum atomic E-state index is -0.631. The van der Waals surface area contributed by atoms with Gasteiger partial charge in [-0.05, 0) is 58.4 Å². The molecule has 0 unspecified atom stereocenters. The van der Waals surface area contributed by atoms with Gasteiger partial charge in [-0.2, -0.15) is 0 Å². The van der Waals surface area contributed by atoms with E-state index in [1.54, 1.807) is 18.2 Å². The molecule has 2 rings (SSSR count). The lowest BCUT2D eigenvalue weighted by Gasteiger charge is -2.16. The molecule has 0 atom stereocenters. The van der Waals surface area contributed by atoms with Crippen LogP contribution in [0.25, 0.3) is 0 Å². The number of carbonyl (C=O) groups excluding carboxylic acids is 2. The molecule has 0 aliphatic carbocycles. The molecule has 0 bridgehead atoms. The molecule has 0 aromatic heterocycles. The third kappa shape index (κ3) is 5.73. The zero-order chi connectivity index (χ0) is 21.4. The summed E-state index contributed by atoms with van der Waals surface area (Å²) in [5.74, 6) is 0.356. The highest BCUT2D eigenvalue weighted by Crippen LogP contribution is 2.39. The summed E-state index contributed by atoms with van der Waals surface area (Å²) in [6.45, 7) is 10.2. The summed E-state index contributed by atoms with van der Waals surface area (Å²) in [5.41, 5.74) is 2.60. The van der Waals surface area contributed by atoms with E-state index in [1.165, 1.54) is 0 Å². The van der Waals surface area contributed by atoms with Crippen molar-refractivity contribution in [3.05, 3.63) is 52.6 Å². The van der Waals surface area contributed by atoms with E-state index < -0.39 is 5.97 Å². The molecule has 0 saturated carbocycles. The van der Waals surface area contributed by atoms with Crippen LogP contribution in [0.15, 0.2) is 30.3 Å². The predicted molar refractivity (Wildman–Crippen MR) is 110 cm³/mol. The second-order valence-electron chi connectivity index (χ2n) is 6.42. The number of aryl methyl sites for hydroxylation is 2. The van der Waals surface area contributed by atoms with Crippen molar-refractivity contribution in [3.63, 3.8) is 0 Å². The summed E-state index contributed by atoms with van der Waals surface area (Å²) in [6, 6.07) is 8.69. The first kappa shape index (κ1) is 22.3. The summed E-state index contributed by atoms with van der Waals surface area (Å²) in [6.07, 6.45) is 0. The Morgan fingerprint density at radius 3 is 1.97 bits per heavy atom. The van der Waals surface area contributed by atoms with Crippen LogP contribution < -0.4 is 14.2 Å². The molecule has 2 aromatic carbocycles. The quantitative estimate of drug-likeness (QED) is 0.431. The number of hydrogen-bond acceptors (Lipinski definition) is 6. The number of hydrogen-bond donors (Lipinski definition) is 0. The van der Waals surface area contributed by atoms with E-state index in [2.05, 4.69) is 0 Å². The second-order valence-corrected chi connectivity index (χ2v) is 6.42. The van der Waals surface area contributed by atoms with Crippen LogP contribution in [0.5, 0.6) is 17.2 Å². The zero-order valence-electron chi connectivity index (χ0n) is 17.7. The average Bonchev–Trinajstić information content (AvgIpc) is 2.70. The second kappa shape index (κ2) is 10.5. The van der Waals surface area contributed by atoms with Gasteiger partial charge in [-0.15, -0.1) is 0 Å². The summed E-state index contributed by atoms with van der Waals surface area (Å²) in [5, 5.41) is 0. The van der Waals surface area contributed by atoms with Crippen molar-refractivity contribution < 1.29 is 28.5 Å². The van der Waals surface area contributed by atoms with Gasteiger partial charge in [0.2, 0.25) is 11.5 Å². The Morgan fingerprint density at radius 1 is 0.828 bits per heavy atom. The number of esters is 1. The van der Waals surface area contributed by atoms with E-state index in [9.17, 15) is 9.59 Å². The van der Waals surface area contributed by atoms with E-state index in [0.717, 1.165) is 11.1 Å². The Bertz CT molecular complexity index is 845. The number of rotatable bonds is 10. The summed E-state index contributed by atoms with van der Waals surface area (Å²) in [7, 11) is 0. The van der Waals surface area contributed by atoms with Gasteiger partial charge < -0.3 is 18.9 Å². The van der Waals surface area contributed by atoms with Gasteiger partial charge in [-0.25, -0.2) is 4.79 Å². The number of carbonyl (C=O) groups is 2. The van der Waals surface area contributed by atoms with Crippen molar-refractivity contribution in [2.75, 3.05) is 26.4 Å². The van der Waals surface area contributed by atoms with Crippen LogP contribution in [-0.2, 0) is 4.74 Å². The molecule has 29 heavy (non-hydrogen) atoms. The van der Waals surface area contributed by atoms with Crippen LogP contribution >= 0.6 is 0 Å². The molecule has 0 fully saturated rings. The Balaban J connectivity index is 2.23. The Hall–Kier alpha value is -3.02. The maximum atomic E-state index is 12.6. The van der Waals surface area contributed by atoms with Gasteiger partial charge in [-0.3, -0.25) is 4.79 Å². The molecule has 0 saturated heterocycles. The molecule has 0 N–H and O–H groups in total. The van der Waals surface area contributed by atoms with E-state index >= 15 is 0 Å². The fraction of sp³-hybridized carbons (Fsp3) is 0.391. The number of benzene rings is 2. The van der Waals surface area contributed by atoms with Crippen molar-refractivity contribution in [1.29, 1.82) is 0 Å². The highest BCUT2D eigenvalue weighted by molar-refractivity contribution is 6.00.